The van der Waals surface area contributed by atoms with Crippen molar-refractivity contribution < 1.29 is 32.7 Å². The van der Waals surface area contributed by atoms with Gasteiger partial charge in [0.15, 0.2) is 0 Å². The molecule has 0 unspecified atom stereocenters. The zero-order chi connectivity index (χ0) is 10.8. The van der Waals surface area contributed by atoms with E-state index in [9.17, 15) is 0 Å². The summed E-state index contributed by atoms with van der Waals surface area (Å²) >= 11 is 0. The van der Waals surface area contributed by atoms with E-state index in [0.29, 0.717) is 5.82 Å². The van der Waals surface area contributed by atoms with Gasteiger partial charge in [-0.1, -0.05) is 11.6 Å². The fraction of sp³-hybridized carbons (Fsp3) is 0.0833. The first-order valence-corrected chi connectivity index (χ1v) is 4.68. The van der Waals surface area contributed by atoms with Crippen molar-refractivity contribution in [2.24, 2.45) is 0 Å². The number of nitrogen functional groups attached to an aromatic ring is 1. The second-order valence-corrected chi connectivity index (χ2v) is 3.43. The largest absolute Gasteiger partial charge is 0.382 e. The van der Waals surface area contributed by atoms with Crippen molar-refractivity contribution in [3.63, 3.8) is 0 Å². The average Bonchev–Trinajstić information content (AvgIpc) is 2.22. The van der Waals surface area contributed by atoms with Gasteiger partial charge in [-0.25, -0.2) is 9.97 Å². The van der Waals surface area contributed by atoms with E-state index in [1.165, 1.54) is 0 Å². The van der Waals surface area contributed by atoms with Gasteiger partial charge < -0.3 is 5.73 Å². The maximum atomic E-state index is 5.61. The number of nitrogens with zero attached hydrogens (tertiary/aromatic N) is 2. The fourth-order valence-corrected chi connectivity index (χ4v) is 1.36. The van der Waals surface area contributed by atoms with Crippen LogP contribution in [0.25, 0.3) is 11.3 Å². The quantitative estimate of drug-likeness (QED) is 0.818. The number of hydrogen-bond acceptors (Lipinski definition) is 3. The molecule has 3 nitrogen and oxygen atoms in total. The minimum Gasteiger partial charge on any atom is -0.382 e. The summed E-state index contributed by atoms with van der Waals surface area (Å²) in [7, 11) is 0. The van der Waals surface area contributed by atoms with Gasteiger partial charge in [0.25, 0.3) is 0 Å². The third-order valence-electron chi connectivity index (χ3n) is 2.21. The molecule has 0 aliphatic heterocycles. The van der Waals surface area contributed by atoms with Gasteiger partial charge >= 0.3 is 0 Å². The van der Waals surface area contributed by atoms with Crippen LogP contribution in [0.4, 0.5) is 5.82 Å². The third kappa shape index (κ3) is 2.80. The Morgan fingerprint density at radius 2 is 2.06 bits per heavy atom. The van der Waals surface area contributed by atoms with Crippen LogP contribution in [-0.4, -0.2) is 9.97 Å². The Morgan fingerprint density at radius 3 is 2.69 bits per heavy atom. The summed E-state index contributed by atoms with van der Waals surface area (Å²) < 4.78 is 0. The standard InChI is InChI=1S/C12H12N3.Y/c1-8-4-3-5-10(6-8)11-7-14-12(13)9(2)15-11;/h3-7H,1H2,2H3,(H2,13,14);/q-1;. The van der Waals surface area contributed by atoms with E-state index < -0.39 is 0 Å². The van der Waals surface area contributed by atoms with Crippen LogP contribution in [0.3, 0.4) is 0 Å². The van der Waals surface area contributed by atoms with Crippen LogP contribution in [0.1, 0.15) is 11.3 Å². The number of aromatic nitrogens is 2. The van der Waals surface area contributed by atoms with E-state index in [4.69, 9.17) is 5.73 Å². The second-order valence-electron chi connectivity index (χ2n) is 3.43. The van der Waals surface area contributed by atoms with Crippen molar-refractivity contribution in [1.82, 2.24) is 9.97 Å². The fourth-order valence-electron chi connectivity index (χ4n) is 1.36. The van der Waals surface area contributed by atoms with Gasteiger partial charge in [0, 0.05) is 32.7 Å². The molecule has 0 saturated heterocycles. The van der Waals surface area contributed by atoms with Crippen LogP contribution in [0.5, 0.6) is 0 Å². The molecule has 79 valence electrons. The van der Waals surface area contributed by atoms with Gasteiger partial charge in [0.2, 0.25) is 0 Å². The van der Waals surface area contributed by atoms with Crippen LogP contribution in [0.15, 0.2) is 30.5 Å². The maximum Gasteiger partial charge on any atom is 0.144 e. The van der Waals surface area contributed by atoms with Crippen molar-refractivity contribution >= 4 is 5.82 Å². The third-order valence-corrected chi connectivity index (χ3v) is 2.21. The number of benzene rings is 1. The van der Waals surface area contributed by atoms with Crippen molar-refractivity contribution in [2.45, 2.75) is 6.92 Å². The van der Waals surface area contributed by atoms with Gasteiger partial charge in [0.1, 0.15) is 5.82 Å². The zero-order valence-electron chi connectivity index (χ0n) is 9.14. The molecule has 0 bridgehead atoms. The summed E-state index contributed by atoms with van der Waals surface area (Å²) in [6.45, 7) is 5.72. The van der Waals surface area contributed by atoms with Gasteiger partial charge in [-0.3, -0.25) is 0 Å². The molecular weight excluding hydrogens is 275 g/mol. The zero-order valence-corrected chi connectivity index (χ0v) is 12.0. The Labute approximate surface area is 120 Å². The summed E-state index contributed by atoms with van der Waals surface area (Å²) in [4.78, 5) is 8.45. The Hall–Kier alpha value is -0.926. The number of hydrogen-bond donors (Lipinski definition) is 1. The topological polar surface area (TPSA) is 51.8 Å². The van der Waals surface area contributed by atoms with Crippen LogP contribution < -0.4 is 5.73 Å². The van der Waals surface area contributed by atoms with Crippen LogP contribution >= 0.6 is 0 Å². The Kier molecular flexibility index (Phi) is 4.45. The monoisotopic (exact) mass is 287 g/mol. The molecule has 1 aromatic heterocycles. The molecule has 1 radical (unpaired) electrons. The summed E-state index contributed by atoms with van der Waals surface area (Å²) in [6.07, 6.45) is 1.68. The molecule has 1 aromatic carbocycles. The van der Waals surface area contributed by atoms with E-state index in [2.05, 4.69) is 16.9 Å². The Morgan fingerprint density at radius 1 is 1.31 bits per heavy atom. The van der Waals surface area contributed by atoms with Crippen molar-refractivity contribution in [2.75, 3.05) is 5.73 Å². The number of rotatable bonds is 1. The number of nitrogens with two attached hydrogens (primary N) is 1. The van der Waals surface area contributed by atoms with E-state index in [1.807, 2.05) is 31.2 Å². The first kappa shape index (κ1) is 13.1. The predicted molar refractivity (Wildman–Crippen MR) is 61.1 cm³/mol. The number of anilines is 1. The second kappa shape index (κ2) is 5.42. The van der Waals surface area contributed by atoms with Crippen molar-refractivity contribution in [1.29, 1.82) is 0 Å². The van der Waals surface area contributed by atoms with Crippen molar-refractivity contribution in [3.8, 4) is 11.3 Å². The molecular formula is C12H12N3Y-. The van der Waals surface area contributed by atoms with Gasteiger partial charge in [-0.05, 0) is 6.92 Å². The molecule has 2 rings (SSSR count). The van der Waals surface area contributed by atoms with E-state index in [0.717, 1.165) is 22.5 Å². The molecule has 4 heteroatoms. The molecule has 0 fully saturated rings. The summed E-state index contributed by atoms with van der Waals surface area (Å²) in [5.41, 5.74) is 9.16. The molecule has 0 spiro atoms. The first-order chi connectivity index (χ1) is 7.16. The molecule has 1 heterocycles. The van der Waals surface area contributed by atoms with E-state index >= 15 is 0 Å². The number of aryl methyl sites for hydroxylation is 1. The minimum atomic E-state index is 0. The Bertz CT molecular complexity index is 497. The molecule has 0 amide bonds. The van der Waals surface area contributed by atoms with Gasteiger partial charge in [-0.15, -0.1) is 6.07 Å². The maximum absolute atomic E-state index is 5.61. The Balaban J connectivity index is 0.00000128. The minimum absolute atomic E-state index is 0. The van der Waals surface area contributed by atoms with Gasteiger partial charge in [0.05, 0.1) is 17.6 Å². The molecule has 2 N–H and O–H groups in total. The SMILES string of the molecule is [CH2-]c1cccc(-c2cnc(N)c(C)n2)c1.[Y]. The average molecular weight is 287 g/mol. The molecule has 0 aliphatic carbocycles. The molecule has 0 atom stereocenters. The summed E-state index contributed by atoms with van der Waals surface area (Å²) in [5.74, 6) is 0.476. The normalized spacial score (nSPS) is 9.56. The summed E-state index contributed by atoms with van der Waals surface area (Å²) in [5, 5.41) is 0. The van der Waals surface area contributed by atoms with E-state index in [1.54, 1.807) is 6.20 Å². The smallest absolute Gasteiger partial charge is 0.144 e. The van der Waals surface area contributed by atoms with Gasteiger partial charge in [-0.2, -0.15) is 24.6 Å². The van der Waals surface area contributed by atoms with Crippen LogP contribution in [0.2, 0.25) is 0 Å². The van der Waals surface area contributed by atoms with Crippen LogP contribution in [0, 0.1) is 13.8 Å². The predicted octanol–water partition coefficient (Wildman–Crippen LogP) is 2.21. The first-order valence-electron chi connectivity index (χ1n) is 4.68. The molecule has 2 aromatic rings. The van der Waals surface area contributed by atoms with E-state index in [-0.39, 0.29) is 32.7 Å². The summed E-state index contributed by atoms with van der Waals surface area (Å²) in [6, 6.07) is 7.85. The molecule has 16 heavy (non-hydrogen) atoms. The van der Waals surface area contributed by atoms with Crippen LogP contribution in [-0.2, 0) is 32.7 Å². The van der Waals surface area contributed by atoms with Crippen molar-refractivity contribution in [3.05, 3.63) is 48.6 Å². The molecule has 0 saturated carbocycles. The molecule has 0 aliphatic rings.